The third-order valence-electron chi connectivity index (χ3n) is 1.28. The van der Waals surface area contributed by atoms with Crippen LogP contribution in [-0.2, 0) is 9.53 Å². The number of aliphatic hydroxyl groups is 1. The maximum Gasteiger partial charge on any atom is 0.176 e. The van der Waals surface area contributed by atoms with Gasteiger partial charge >= 0.3 is 0 Å². The zero-order valence-corrected chi connectivity index (χ0v) is 6.42. The van der Waals surface area contributed by atoms with Crippen LogP contribution in [0.4, 0.5) is 0 Å². The molecule has 0 amide bonds. The SMILES string of the molecule is CNC(C(C)=O)C(O)OC. The molecule has 0 aliphatic rings. The van der Waals surface area contributed by atoms with Gasteiger partial charge in [-0.15, -0.1) is 0 Å². The number of nitrogens with one attached hydrogen (secondary N) is 1. The first-order valence-electron chi connectivity index (χ1n) is 3.02. The molecule has 60 valence electrons. The van der Waals surface area contributed by atoms with Crippen LogP contribution >= 0.6 is 0 Å². The molecule has 0 bridgehead atoms. The lowest BCUT2D eigenvalue weighted by molar-refractivity contribution is -0.136. The standard InChI is InChI=1S/C6H13NO3/c1-4(8)5(7-2)6(9)10-3/h5-7,9H,1-3H3. The summed E-state index contributed by atoms with van der Waals surface area (Å²) >= 11 is 0. The third kappa shape index (κ3) is 2.43. The number of hydrogen-bond donors (Lipinski definition) is 2. The van der Waals surface area contributed by atoms with Crippen LogP contribution in [0.1, 0.15) is 6.92 Å². The van der Waals surface area contributed by atoms with Crippen molar-refractivity contribution >= 4 is 5.78 Å². The van der Waals surface area contributed by atoms with Gasteiger partial charge in [0.05, 0.1) is 0 Å². The second-order valence-corrected chi connectivity index (χ2v) is 2.00. The molecule has 0 saturated heterocycles. The van der Waals surface area contributed by atoms with Crippen molar-refractivity contribution in [1.82, 2.24) is 5.32 Å². The van der Waals surface area contributed by atoms with Crippen LogP contribution in [0.3, 0.4) is 0 Å². The Morgan fingerprint density at radius 3 is 2.30 bits per heavy atom. The summed E-state index contributed by atoms with van der Waals surface area (Å²) in [6, 6.07) is -0.620. The molecule has 0 spiro atoms. The number of methoxy groups -OCH3 is 1. The molecule has 10 heavy (non-hydrogen) atoms. The van der Waals surface area contributed by atoms with E-state index in [4.69, 9.17) is 5.11 Å². The molecule has 0 rings (SSSR count). The number of Topliss-reactive ketones (excluding diaryl/α,β-unsaturated/α-hetero) is 1. The van der Waals surface area contributed by atoms with Gasteiger partial charge in [-0.25, -0.2) is 0 Å². The molecule has 2 unspecified atom stereocenters. The van der Waals surface area contributed by atoms with Crippen molar-refractivity contribution < 1.29 is 14.6 Å². The van der Waals surface area contributed by atoms with Gasteiger partial charge in [0.2, 0.25) is 0 Å². The smallest absolute Gasteiger partial charge is 0.176 e. The molecular weight excluding hydrogens is 134 g/mol. The average molecular weight is 147 g/mol. The van der Waals surface area contributed by atoms with Gasteiger partial charge in [-0.2, -0.15) is 0 Å². The number of hydrogen-bond acceptors (Lipinski definition) is 4. The fourth-order valence-electron chi connectivity index (χ4n) is 0.683. The van der Waals surface area contributed by atoms with Crippen LogP contribution in [0, 0.1) is 0 Å². The van der Waals surface area contributed by atoms with Gasteiger partial charge in [0, 0.05) is 7.11 Å². The maximum atomic E-state index is 10.7. The largest absolute Gasteiger partial charge is 0.366 e. The molecule has 0 aromatic heterocycles. The zero-order valence-electron chi connectivity index (χ0n) is 6.42. The van der Waals surface area contributed by atoms with Crippen molar-refractivity contribution in [2.24, 2.45) is 0 Å². The van der Waals surface area contributed by atoms with Gasteiger partial charge in [0.1, 0.15) is 6.04 Å². The Morgan fingerprint density at radius 2 is 2.20 bits per heavy atom. The number of carbonyl (C=O) groups is 1. The Morgan fingerprint density at radius 1 is 1.70 bits per heavy atom. The molecule has 0 aliphatic heterocycles. The van der Waals surface area contributed by atoms with Crippen LogP contribution in [0.25, 0.3) is 0 Å². The van der Waals surface area contributed by atoms with E-state index in [0.29, 0.717) is 0 Å². The summed E-state index contributed by atoms with van der Waals surface area (Å²) in [7, 11) is 2.94. The second-order valence-electron chi connectivity index (χ2n) is 2.00. The first-order valence-corrected chi connectivity index (χ1v) is 3.02. The van der Waals surface area contributed by atoms with Gasteiger partial charge in [0.15, 0.2) is 12.1 Å². The van der Waals surface area contributed by atoms with Crippen LogP contribution < -0.4 is 5.32 Å². The van der Waals surface area contributed by atoms with Gasteiger partial charge in [-0.1, -0.05) is 0 Å². The predicted octanol–water partition coefficient (Wildman–Crippen LogP) is -0.872. The number of ketones is 1. The topological polar surface area (TPSA) is 58.6 Å². The predicted molar refractivity (Wildman–Crippen MR) is 36.5 cm³/mol. The van der Waals surface area contributed by atoms with Crippen molar-refractivity contribution in [3.8, 4) is 0 Å². The molecule has 4 nitrogen and oxygen atoms in total. The van der Waals surface area contributed by atoms with E-state index >= 15 is 0 Å². The number of carbonyl (C=O) groups excluding carboxylic acids is 1. The van der Waals surface area contributed by atoms with Gasteiger partial charge < -0.3 is 15.2 Å². The first-order chi connectivity index (χ1) is 4.63. The highest BCUT2D eigenvalue weighted by Crippen LogP contribution is 1.94. The first kappa shape index (κ1) is 9.55. The summed E-state index contributed by atoms with van der Waals surface area (Å²) in [5.74, 6) is -0.142. The highest BCUT2D eigenvalue weighted by Gasteiger charge is 2.20. The second kappa shape index (κ2) is 4.38. The summed E-state index contributed by atoms with van der Waals surface area (Å²) in [5.41, 5.74) is 0. The van der Waals surface area contributed by atoms with Crippen LogP contribution in [0.2, 0.25) is 0 Å². The van der Waals surface area contributed by atoms with E-state index in [2.05, 4.69) is 10.1 Å². The molecule has 0 aliphatic carbocycles. The third-order valence-corrected chi connectivity index (χ3v) is 1.28. The lowest BCUT2D eigenvalue weighted by Gasteiger charge is -2.17. The zero-order chi connectivity index (χ0) is 8.15. The Hall–Kier alpha value is -0.450. The van der Waals surface area contributed by atoms with E-state index in [1.165, 1.54) is 14.0 Å². The summed E-state index contributed by atoms with van der Waals surface area (Å²) in [6.45, 7) is 1.39. The quantitative estimate of drug-likeness (QED) is 0.507. The van der Waals surface area contributed by atoms with E-state index in [1.807, 2.05) is 0 Å². The Balaban J connectivity index is 3.92. The molecular formula is C6H13NO3. The van der Waals surface area contributed by atoms with E-state index in [-0.39, 0.29) is 5.78 Å². The van der Waals surface area contributed by atoms with Crippen LogP contribution in [-0.4, -0.2) is 37.4 Å². The fourth-order valence-corrected chi connectivity index (χ4v) is 0.683. The van der Waals surface area contributed by atoms with Crippen LogP contribution in [0.15, 0.2) is 0 Å². The maximum absolute atomic E-state index is 10.7. The molecule has 0 heterocycles. The van der Waals surface area contributed by atoms with Crippen LogP contribution in [0.5, 0.6) is 0 Å². The summed E-state index contributed by atoms with van der Waals surface area (Å²) in [4.78, 5) is 10.7. The minimum atomic E-state index is -1.05. The molecule has 0 aromatic carbocycles. The number of aliphatic hydroxyl groups excluding tert-OH is 1. The summed E-state index contributed by atoms with van der Waals surface area (Å²) in [5, 5.41) is 11.6. The minimum Gasteiger partial charge on any atom is -0.366 e. The molecule has 0 aromatic rings. The molecule has 0 radical (unpaired) electrons. The van der Waals surface area contributed by atoms with Crippen molar-refractivity contribution in [2.75, 3.05) is 14.2 Å². The average Bonchev–Trinajstić information content (AvgIpc) is 1.88. The van der Waals surface area contributed by atoms with E-state index in [9.17, 15) is 4.79 Å². The lowest BCUT2D eigenvalue weighted by Crippen LogP contribution is -2.43. The summed E-state index contributed by atoms with van der Waals surface area (Å²) < 4.78 is 4.54. The highest BCUT2D eigenvalue weighted by atomic mass is 16.6. The van der Waals surface area contributed by atoms with E-state index in [1.54, 1.807) is 7.05 Å². The summed E-state index contributed by atoms with van der Waals surface area (Å²) in [6.07, 6.45) is -1.05. The van der Waals surface area contributed by atoms with Gasteiger partial charge in [0.25, 0.3) is 0 Å². The number of ether oxygens (including phenoxy) is 1. The Bertz CT molecular complexity index is 116. The van der Waals surface area contributed by atoms with Crippen molar-refractivity contribution in [1.29, 1.82) is 0 Å². The lowest BCUT2D eigenvalue weighted by atomic mass is 10.2. The van der Waals surface area contributed by atoms with Crippen molar-refractivity contribution in [2.45, 2.75) is 19.3 Å². The molecule has 0 fully saturated rings. The minimum absolute atomic E-state index is 0.142. The van der Waals surface area contributed by atoms with Gasteiger partial charge in [-0.3, -0.25) is 4.79 Å². The molecule has 2 atom stereocenters. The van der Waals surface area contributed by atoms with E-state index in [0.717, 1.165) is 0 Å². The number of likely N-dealkylation sites (N-methyl/N-ethyl adjacent to an activating group) is 1. The monoisotopic (exact) mass is 147 g/mol. The van der Waals surface area contributed by atoms with E-state index < -0.39 is 12.3 Å². The number of rotatable bonds is 4. The Labute approximate surface area is 60.2 Å². The molecule has 0 saturated carbocycles. The normalized spacial score (nSPS) is 16.4. The fraction of sp³-hybridized carbons (Fsp3) is 0.833. The molecule has 4 heteroatoms. The Kier molecular flexibility index (Phi) is 4.18. The molecule has 2 N–H and O–H groups in total. The highest BCUT2D eigenvalue weighted by molar-refractivity contribution is 5.81. The van der Waals surface area contributed by atoms with Gasteiger partial charge in [-0.05, 0) is 14.0 Å². The van der Waals surface area contributed by atoms with Crippen molar-refractivity contribution in [3.63, 3.8) is 0 Å². The van der Waals surface area contributed by atoms with Crippen molar-refractivity contribution in [3.05, 3.63) is 0 Å².